The van der Waals surface area contributed by atoms with Crippen LogP contribution in [0.5, 0.6) is 0 Å². The molecule has 0 saturated heterocycles. The first-order valence-electron chi connectivity index (χ1n) is 8.17. The van der Waals surface area contributed by atoms with Crippen LogP contribution < -0.4 is 5.32 Å². The lowest BCUT2D eigenvalue weighted by atomic mass is 10.2. The molecule has 0 aliphatic heterocycles. The number of halogens is 4. The van der Waals surface area contributed by atoms with E-state index in [4.69, 9.17) is 51.1 Å². The molecule has 6 nitrogen and oxygen atoms in total. The third-order valence-electron chi connectivity index (χ3n) is 3.77. The minimum Gasteiger partial charge on any atom is -0.369 e. The second-order valence-electron chi connectivity index (χ2n) is 7.27. The molecule has 0 aliphatic carbocycles. The van der Waals surface area contributed by atoms with Crippen molar-refractivity contribution in [3.05, 3.63) is 29.0 Å². The number of hydrogen-bond acceptors (Lipinski definition) is 4. The number of alkyl halides is 3. The second kappa shape index (κ2) is 8.86. The number of aliphatic hydroxyl groups excluding tert-OH is 1. The van der Waals surface area contributed by atoms with Crippen LogP contribution in [0.15, 0.2) is 18.5 Å². The van der Waals surface area contributed by atoms with Crippen LogP contribution in [0.2, 0.25) is 30.7 Å². The zero-order chi connectivity index (χ0) is 20.4. The Morgan fingerprint density at radius 2 is 2.07 bits per heavy atom. The van der Waals surface area contributed by atoms with Crippen LogP contribution in [-0.2, 0) is 11.5 Å². The Morgan fingerprint density at radius 1 is 1.41 bits per heavy atom. The minimum atomic E-state index is -2.06. The van der Waals surface area contributed by atoms with E-state index in [1.807, 2.05) is 4.57 Å². The summed E-state index contributed by atoms with van der Waals surface area (Å²) in [6.45, 7) is 7.88. The maximum absolute atomic E-state index is 12.3. The summed E-state index contributed by atoms with van der Waals surface area (Å²) in [6, 6.07) is 2.81. The summed E-state index contributed by atoms with van der Waals surface area (Å²) in [6.07, 6.45) is 1.41. The number of aromatic nitrogens is 2. The Morgan fingerprint density at radius 3 is 2.67 bits per heavy atom. The van der Waals surface area contributed by atoms with E-state index < -0.39 is 24.0 Å². The molecular formula is C16H21Cl4N3O3Si. The summed E-state index contributed by atoms with van der Waals surface area (Å²) >= 11 is 23.0. The Balaban J connectivity index is 2.13. The number of carbonyl (C=O) groups excluding carboxylic acids is 1. The van der Waals surface area contributed by atoms with E-state index in [1.165, 1.54) is 6.20 Å². The molecule has 0 aliphatic rings. The Labute approximate surface area is 178 Å². The Bertz CT molecular complexity index is 818. The summed E-state index contributed by atoms with van der Waals surface area (Å²) < 4.78 is 5.48. The van der Waals surface area contributed by atoms with Crippen LogP contribution in [0.3, 0.4) is 0 Å². The van der Waals surface area contributed by atoms with Gasteiger partial charge in [0, 0.05) is 32.5 Å². The first-order chi connectivity index (χ1) is 12.4. The highest BCUT2D eigenvalue weighted by atomic mass is 35.6. The molecule has 1 unspecified atom stereocenters. The molecule has 1 atom stereocenters. The largest absolute Gasteiger partial charge is 0.369 e. The van der Waals surface area contributed by atoms with Gasteiger partial charge in [-0.15, -0.1) is 0 Å². The van der Waals surface area contributed by atoms with Crippen molar-refractivity contribution in [2.75, 3.05) is 6.61 Å². The summed E-state index contributed by atoms with van der Waals surface area (Å²) in [4.78, 5) is 16.6. The van der Waals surface area contributed by atoms with Crippen molar-refractivity contribution in [2.45, 2.75) is 42.4 Å². The van der Waals surface area contributed by atoms with E-state index in [2.05, 4.69) is 29.9 Å². The monoisotopic (exact) mass is 471 g/mol. The van der Waals surface area contributed by atoms with Crippen molar-refractivity contribution in [3.63, 3.8) is 0 Å². The highest BCUT2D eigenvalue weighted by Gasteiger charge is 2.33. The Kier molecular flexibility index (Phi) is 7.46. The molecule has 2 aromatic heterocycles. The number of fused-ring (bicyclic) bond motifs is 1. The number of amides is 1. The summed E-state index contributed by atoms with van der Waals surface area (Å²) in [5, 5.41) is 12.6. The molecule has 0 spiro atoms. The van der Waals surface area contributed by atoms with Gasteiger partial charge in [0.15, 0.2) is 6.23 Å². The van der Waals surface area contributed by atoms with Gasteiger partial charge in [0.25, 0.3) is 5.91 Å². The molecule has 2 rings (SSSR count). The van der Waals surface area contributed by atoms with Crippen LogP contribution in [0.1, 0.15) is 10.4 Å². The van der Waals surface area contributed by atoms with Crippen molar-refractivity contribution in [1.82, 2.24) is 14.9 Å². The number of ether oxygens (including phenoxy) is 1. The molecule has 1 amide bonds. The predicted molar refractivity (Wildman–Crippen MR) is 113 cm³/mol. The van der Waals surface area contributed by atoms with E-state index in [0.29, 0.717) is 24.4 Å². The zero-order valence-electron chi connectivity index (χ0n) is 15.1. The number of nitrogens with one attached hydrogen (secondary N) is 1. The van der Waals surface area contributed by atoms with Gasteiger partial charge in [0.05, 0.1) is 10.6 Å². The van der Waals surface area contributed by atoms with Crippen LogP contribution in [0.25, 0.3) is 11.0 Å². The lowest BCUT2D eigenvalue weighted by Crippen LogP contribution is -2.43. The Hall–Kier alpha value is -0.543. The van der Waals surface area contributed by atoms with E-state index in [9.17, 15) is 9.90 Å². The molecule has 150 valence electrons. The van der Waals surface area contributed by atoms with Gasteiger partial charge in [-0.25, -0.2) is 4.98 Å². The summed E-state index contributed by atoms with van der Waals surface area (Å²) in [7, 11) is -1.15. The van der Waals surface area contributed by atoms with E-state index in [1.54, 1.807) is 12.3 Å². The van der Waals surface area contributed by atoms with Crippen molar-refractivity contribution in [3.8, 4) is 0 Å². The molecule has 2 N–H and O–H groups in total. The smallest absolute Gasteiger partial charge is 0.256 e. The van der Waals surface area contributed by atoms with Gasteiger partial charge in [0.1, 0.15) is 12.4 Å². The number of carbonyl (C=O) groups is 1. The molecule has 0 bridgehead atoms. The number of hydrogen-bond donors (Lipinski definition) is 2. The SMILES string of the molecule is C[Si](C)(C)CCOCn1ccc2c(Cl)c(C(=O)NC(O)C(Cl)(Cl)Cl)cnc21. The predicted octanol–water partition coefficient (Wildman–Crippen LogP) is 4.42. The normalized spacial score (nSPS) is 13.8. The average molecular weight is 473 g/mol. The lowest BCUT2D eigenvalue weighted by molar-refractivity contribution is 0.0791. The van der Waals surface area contributed by atoms with Crippen LogP contribution in [0.4, 0.5) is 0 Å². The fourth-order valence-electron chi connectivity index (χ4n) is 2.19. The van der Waals surface area contributed by atoms with Gasteiger partial charge in [-0.05, 0) is 12.1 Å². The average Bonchev–Trinajstić information content (AvgIpc) is 2.94. The maximum Gasteiger partial charge on any atom is 0.256 e. The van der Waals surface area contributed by atoms with Crippen molar-refractivity contribution in [2.24, 2.45) is 0 Å². The quantitative estimate of drug-likeness (QED) is 0.270. The molecule has 0 aromatic carbocycles. The third kappa shape index (κ3) is 6.22. The number of nitrogens with zero attached hydrogens (tertiary/aromatic N) is 2. The van der Waals surface area contributed by atoms with Gasteiger partial charge < -0.3 is 19.7 Å². The number of rotatable bonds is 7. The number of aliphatic hydroxyl groups is 1. The molecular weight excluding hydrogens is 452 g/mol. The van der Waals surface area contributed by atoms with Crippen LogP contribution >= 0.6 is 46.4 Å². The molecule has 0 fully saturated rings. The topological polar surface area (TPSA) is 76.4 Å². The summed E-state index contributed by atoms with van der Waals surface area (Å²) in [5.74, 6) is -0.702. The molecule has 2 aromatic rings. The van der Waals surface area contributed by atoms with Gasteiger partial charge in [-0.1, -0.05) is 66.0 Å². The van der Waals surface area contributed by atoms with Gasteiger partial charge in [-0.3, -0.25) is 4.79 Å². The second-order valence-corrected chi connectivity index (χ2v) is 15.6. The maximum atomic E-state index is 12.3. The van der Waals surface area contributed by atoms with E-state index in [-0.39, 0.29) is 10.6 Å². The molecule has 0 saturated carbocycles. The molecule has 0 radical (unpaired) electrons. The fraction of sp³-hybridized carbons (Fsp3) is 0.500. The molecule has 11 heteroatoms. The summed E-state index contributed by atoms with van der Waals surface area (Å²) in [5.41, 5.74) is 0.654. The van der Waals surface area contributed by atoms with E-state index in [0.717, 1.165) is 6.04 Å². The fourth-order valence-corrected chi connectivity index (χ4v) is 3.40. The minimum absolute atomic E-state index is 0.0647. The highest BCUT2D eigenvalue weighted by Crippen LogP contribution is 2.30. The van der Waals surface area contributed by atoms with Crippen LogP contribution in [0, 0.1) is 0 Å². The lowest BCUT2D eigenvalue weighted by Gasteiger charge is -2.20. The standard InChI is InChI=1S/C16H21Cl4N3O3Si/c1-27(2,3)7-6-26-9-23-5-4-10-12(17)11(8-21-13(10)23)14(24)22-15(25)16(18,19)20/h4-5,8,15,25H,6-7,9H2,1-3H3,(H,22,24). The molecule has 2 heterocycles. The highest BCUT2D eigenvalue weighted by molar-refractivity contribution is 6.76. The van der Waals surface area contributed by atoms with E-state index >= 15 is 0 Å². The van der Waals surface area contributed by atoms with Gasteiger partial charge >= 0.3 is 0 Å². The third-order valence-corrected chi connectivity index (χ3v) is 6.50. The van der Waals surface area contributed by atoms with Crippen LogP contribution in [-0.4, -0.2) is 45.3 Å². The zero-order valence-corrected chi connectivity index (χ0v) is 19.1. The number of pyridine rings is 1. The first kappa shape index (κ1) is 22.7. The van der Waals surface area contributed by atoms with Gasteiger partial charge in [0.2, 0.25) is 3.79 Å². The first-order valence-corrected chi connectivity index (χ1v) is 13.4. The van der Waals surface area contributed by atoms with Crippen molar-refractivity contribution >= 4 is 71.4 Å². The van der Waals surface area contributed by atoms with Crippen molar-refractivity contribution < 1.29 is 14.6 Å². The molecule has 27 heavy (non-hydrogen) atoms. The van der Waals surface area contributed by atoms with Gasteiger partial charge in [-0.2, -0.15) is 0 Å². The van der Waals surface area contributed by atoms with Crippen molar-refractivity contribution in [1.29, 1.82) is 0 Å².